The molecule has 2 fully saturated rings. The van der Waals surface area contributed by atoms with Crippen molar-refractivity contribution >= 4 is 29.6 Å². The van der Waals surface area contributed by atoms with Crippen molar-refractivity contribution in [2.75, 3.05) is 26.0 Å². The second-order valence-corrected chi connectivity index (χ2v) is 13.6. The molecular formula is C35H47NO6S. The number of hydrogen-bond acceptors (Lipinski definition) is 7. The molecule has 8 heteroatoms. The van der Waals surface area contributed by atoms with E-state index in [4.69, 9.17) is 14.2 Å². The Balaban J connectivity index is 1.54. The van der Waals surface area contributed by atoms with Gasteiger partial charge in [-0.3, -0.25) is 4.79 Å². The second kappa shape index (κ2) is 14.2. The number of ketones is 1. The van der Waals surface area contributed by atoms with E-state index in [9.17, 15) is 14.4 Å². The molecule has 0 aromatic heterocycles. The Morgan fingerprint density at radius 1 is 0.977 bits per heavy atom. The van der Waals surface area contributed by atoms with Gasteiger partial charge < -0.3 is 19.1 Å². The van der Waals surface area contributed by atoms with Crippen LogP contribution in [0.4, 0.5) is 4.79 Å². The maximum atomic E-state index is 13.9. The number of amides is 1. The topological polar surface area (TPSA) is 82.1 Å². The average molecular weight is 610 g/mol. The lowest BCUT2D eigenvalue weighted by molar-refractivity contribution is -0.158. The Bertz CT molecular complexity index is 1270. The maximum absolute atomic E-state index is 13.9. The molecule has 1 saturated heterocycles. The molecule has 1 amide bonds. The molecular weight excluding hydrogens is 562 g/mol. The number of benzene rings is 2. The summed E-state index contributed by atoms with van der Waals surface area (Å²) in [6.45, 7) is 12.5. The molecule has 1 unspecified atom stereocenters. The number of carbonyl (C=O) groups excluding carboxylic acids is 3. The fourth-order valence-corrected chi connectivity index (χ4v) is 6.69. The highest BCUT2D eigenvalue weighted by Gasteiger charge is 2.41. The normalized spacial score (nSPS) is 22.3. The number of carbonyl (C=O) groups is 3. The van der Waals surface area contributed by atoms with Gasteiger partial charge in [-0.25, -0.2) is 9.59 Å². The van der Waals surface area contributed by atoms with Crippen molar-refractivity contribution in [1.29, 1.82) is 0 Å². The molecule has 1 aliphatic carbocycles. The summed E-state index contributed by atoms with van der Waals surface area (Å²) < 4.78 is 17.3. The van der Waals surface area contributed by atoms with E-state index >= 15 is 0 Å². The third kappa shape index (κ3) is 8.14. The largest absolute Gasteiger partial charge is 0.476 e. The molecule has 4 rings (SSSR count). The number of nitrogens with zero attached hydrogens (tertiary/aromatic N) is 1. The first-order chi connectivity index (χ1) is 20.4. The smallest absolute Gasteiger partial charge is 0.410 e. The van der Waals surface area contributed by atoms with Gasteiger partial charge in [-0.1, -0.05) is 31.2 Å². The molecule has 0 radical (unpaired) electrons. The molecule has 0 spiro atoms. The number of aryl methyl sites for hydroxylation is 2. The average Bonchev–Trinajstić information content (AvgIpc) is 3.40. The van der Waals surface area contributed by atoms with Gasteiger partial charge in [0.05, 0.1) is 6.61 Å². The second-order valence-electron chi connectivity index (χ2n) is 12.7. The number of rotatable bonds is 10. The van der Waals surface area contributed by atoms with Crippen LogP contribution in [-0.4, -0.2) is 60.4 Å². The van der Waals surface area contributed by atoms with Crippen LogP contribution >= 0.6 is 11.8 Å². The summed E-state index contributed by atoms with van der Waals surface area (Å²) in [5, 5.41) is 0. The van der Waals surface area contributed by atoms with E-state index in [1.165, 1.54) is 0 Å². The Labute approximate surface area is 261 Å². The molecule has 0 bridgehead atoms. The molecule has 2 aromatic rings. The Morgan fingerprint density at radius 2 is 1.60 bits per heavy atom. The SMILES string of the molecule is CCOC(=O)C(C)(C)Oc1c(C)cc(C[C@H]2CN(C(=O)OC3CCC(C)CC3)CC2C(=O)c2ccc(SC)cc2)cc1C. The fraction of sp³-hybridized carbons (Fsp3) is 0.571. The quantitative estimate of drug-likeness (QED) is 0.157. The van der Waals surface area contributed by atoms with Crippen molar-refractivity contribution in [3.8, 4) is 5.75 Å². The lowest BCUT2D eigenvalue weighted by Crippen LogP contribution is -2.40. The van der Waals surface area contributed by atoms with Crippen LogP contribution in [0.3, 0.4) is 0 Å². The van der Waals surface area contributed by atoms with Gasteiger partial charge in [-0.2, -0.15) is 0 Å². The number of Topliss-reactive ketones (excluding diaryl/α,β-unsaturated/α-hetero) is 1. The maximum Gasteiger partial charge on any atom is 0.410 e. The zero-order valence-corrected chi connectivity index (χ0v) is 27.6. The van der Waals surface area contributed by atoms with Crippen molar-refractivity contribution in [1.82, 2.24) is 4.90 Å². The highest BCUT2D eigenvalue weighted by molar-refractivity contribution is 7.98. The number of ether oxygens (including phenoxy) is 3. The summed E-state index contributed by atoms with van der Waals surface area (Å²) in [6.07, 6.45) is 6.23. The predicted octanol–water partition coefficient (Wildman–Crippen LogP) is 7.43. The van der Waals surface area contributed by atoms with Crippen LogP contribution in [0.15, 0.2) is 41.3 Å². The molecule has 234 valence electrons. The van der Waals surface area contributed by atoms with Crippen molar-refractivity contribution in [2.45, 2.75) is 90.2 Å². The summed E-state index contributed by atoms with van der Waals surface area (Å²) >= 11 is 1.64. The Morgan fingerprint density at radius 3 is 2.19 bits per heavy atom. The molecule has 2 aromatic carbocycles. The summed E-state index contributed by atoms with van der Waals surface area (Å²) in [5.74, 6) is 0.577. The molecule has 1 saturated carbocycles. The molecule has 43 heavy (non-hydrogen) atoms. The minimum Gasteiger partial charge on any atom is -0.476 e. The van der Waals surface area contributed by atoms with Crippen LogP contribution in [0.25, 0.3) is 0 Å². The van der Waals surface area contributed by atoms with E-state index in [0.717, 1.165) is 47.3 Å². The number of thioether (sulfide) groups is 1. The molecule has 2 atom stereocenters. The number of likely N-dealkylation sites (tertiary alicyclic amines) is 1. The highest BCUT2D eigenvalue weighted by atomic mass is 32.2. The zero-order valence-electron chi connectivity index (χ0n) is 26.7. The van der Waals surface area contributed by atoms with Crippen LogP contribution in [0, 0.1) is 31.6 Å². The minimum atomic E-state index is -1.13. The molecule has 0 N–H and O–H groups in total. The van der Waals surface area contributed by atoms with Gasteiger partial charge in [-0.05, 0) is 114 Å². The van der Waals surface area contributed by atoms with Gasteiger partial charge in [-0.15, -0.1) is 11.8 Å². The Hall–Kier alpha value is -3.00. The molecule has 1 aliphatic heterocycles. The first-order valence-electron chi connectivity index (χ1n) is 15.5. The first kappa shape index (κ1) is 32.9. The van der Waals surface area contributed by atoms with Crippen LogP contribution in [0.1, 0.15) is 80.4 Å². The monoisotopic (exact) mass is 609 g/mol. The van der Waals surface area contributed by atoms with Gasteiger partial charge in [0.1, 0.15) is 11.9 Å². The summed E-state index contributed by atoms with van der Waals surface area (Å²) in [6, 6.07) is 11.8. The van der Waals surface area contributed by atoms with Crippen LogP contribution in [-0.2, 0) is 20.7 Å². The highest BCUT2D eigenvalue weighted by Crippen LogP contribution is 2.35. The first-order valence-corrected chi connectivity index (χ1v) is 16.7. The van der Waals surface area contributed by atoms with Crippen molar-refractivity contribution in [3.05, 3.63) is 58.7 Å². The van der Waals surface area contributed by atoms with Gasteiger partial charge in [0, 0.05) is 29.5 Å². The summed E-state index contributed by atoms with van der Waals surface area (Å²) in [7, 11) is 0. The Kier molecular flexibility index (Phi) is 10.9. The molecule has 2 aliphatic rings. The van der Waals surface area contributed by atoms with Crippen LogP contribution in [0.5, 0.6) is 5.75 Å². The number of esters is 1. The van der Waals surface area contributed by atoms with E-state index in [1.807, 2.05) is 44.4 Å². The van der Waals surface area contributed by atoms with Gasteiger partial charge in [0.25, 0.3) is 0 Å². The summed E-state index contributed by atoms with van der Waals surface area (Å²) in [4.78, 5) is 42.4. The van der Waals surface area contributed by atoms with Crippen LogP contribution < -0.4 is 4.74 Å². The predicted molar refractivity (Wildman–Crippen MR) is 170 cm³/mol. The van der Waals surface area contributed by atoms with Gasteiger partial charge in [0.2, 0.25) is 0 Å². The molecule has 7 nitrogen and oxygen atoms in total. The van der Waals surface area contributed by atoms with E-state index in [1.54, 1.807) is 37.4 Å². The van der Waals surface area contributed by atoms with Crippen molar-refractivity contribution in [2.24, 2.45) is 17.8 Å². The van der Waals surface area contributed by atoms with Crippen molar-refractivity contribution in [3.63, 3.8) is 0 Å². The van der Waals surface area contributed by atoms with E-state index in [2.05, 4.69) is 19.1 Å². The minimum absolute atomic E-state index is 0.0484. The van der Waals surface area contributed by atoms with Gasteiger partial charge >= 0.3 is 12.1 Å². The third-order valence-electron chi connectivity index (χ3n) is 8.78. The fourth-order valence-electron chi connectivity index (χ4n) is 6.28. The van der Waals surface area contributed by atoms with Crippen molar-refractivity contribution < 1.29 is 28.6 Å². The van der Waals surface area contributed by atoms with Crippen LogP contribution in [0.2, 0.25) is 0 Å². The van der Waals surface area contributed by atoms with Gasteiger partial charge in [0.15, 0.2) is 11.4 Å². The molecule has 1 heterocycles. The standard InChI is InChI=1S/C35H47NO6S/c1-8-40-33(38)35(5,6)42-32-23(3)17-25(18-24(32)4)19-27-20-36(34(39)41-28-13-9-22(2)10-14-28)21-30(27)31(37)26-11-15-29(43-7)16-12-26/h11-12,15-18,22,27-28,30H,8-10,13-14,19-21H2,1-7H3/t22?,27-,28?,30?/m0/s1. The zero-order chi connectivity index (χ0) is 31.3. The van der Waals surface area contributed by atoms with E-state index in [-0.39, 0.29) is 36.4 Å². The summed E-state index contributed by atoms with van der Waals surface area (Å²) in [5.41, 5.74) is 2.42. The van der Waals surface area contributed by atoms with E-state index in [0.29, 0.717) is 36.7 Å². The number of hydrogen-bond donors (Lipinski definition) is 0. The lowest BCUT2D eigenvalue weighted by atomic mass is 9.84. The third-order valence-corrected chi connectivity index (χ3v) is 9.53. The lowest BCUT2D eigenvalue weighted by Gasteiger charge is -2.28. The van der Waals surface area contributed by atoms with E-state index < -0.39 is 11.6 Å².